The number of benzene rings is 1. The van der Waals surface area contributed by atoms with Crippen LogP contribution in [0.4, 0.5) is 0 Å². The predicted octanol–water partition coefficient (Wildman–Crippen LogP) is -1.95. The fourth-order valence-electron chi connectivity index (χ4n) is 1.80. The molecule has 2 bridgehead atoms. The van der Waals surface area contributed by atoms with Gasteiger partial charge in [-0.1, -0.05) is 0 Å². The molecule has 0 saturated carbocycles. The van der Waals surface area contributed by atoms with E-state index < -0.39 is 5.97 Å². The molecule has 1 saturated heterocycles. The second kappa shape index (κ2) is 3.70. The van der Waals surface area contributed by atoms with Gasteiger partial charge in [0.2, 0.25) is 0 Å². The van der Waals surface area contributed by atoms with E-state index in [1.165, 1.54) is 0 Å². The fraction of sp³-hybridized carbons (Fsp3) is 0.200. The molecule has 1 fully saturated rings. The molecule has 0 amide bonds. The van der Waals surface area contributed by atoms with Gasteiger partial charge in [0.15, 0.2) is 0 Å². The van der Waals surface area contributed by atoms with Gasteiger partial charge in [-0.05, 0) is 0 Å². The van der Waals surface area contributed by atoms with Crippen LogP contribution in [0.2, 0.25) is 0 Å². The number of ether oxygens (including phenoxy) is 2. The van der Waals surface area contributed by atoms with Crippen molar-refractivity contribution in [3.63, 3.8) is 0 Å². The van der Waals surface area contributed by atoms with Crippen LogP contribution in [0.15, 0.2) is 10.5 Å². The van der Waals surface area contributed by atoms with Crippen molar-refractivity contribution in [2.75, 3.05) is 0 Å². The van der Waals surface area contributed by atoms with Crippen LogP contribution in [-0.2, 0) is 4.79 Å². The number of fused-ring (bicyclic) bond motifs is 1. The molecule has 2 aliphatic rings. The molecule has 4 heterocycles. The molecule has 18 heavy (non-hydrogen) atoms. The van der Waals surface area contributed by atoms with E-state index in [-0.39, 0.29) is 46.9 Å². The van der Waals surface area contributed by atoms with E-state index in [0.29, 0.717) is 16.7 Å². The van der Waals surface area contributed by atoms with Crippen LogP contribution in [0.5, 0.6) is 11.5 Å². The molecule has 2 unspecified atom stereocenters. The first-order valence-electron chi connectivity index (χ1n) is 5.00. The summed E-state index contributed by atoms with van der Waals surface area (Å²) in [5.74, 6) is -0.329. The zero-order valence-electron chi connectivity index (χ0n) is 8.53. The van der Waals surface area contributed by atoms with Crippen LogP contribution < -0.4 is 34.5 Å². The Hall–Kier alpha value is -0.620. The first-order valence-corrected chi connectivity index (χ1v) is 8.57. The van der Waals surface area contributed by atoms with Crippen molar-refractivity contribution in [2.24, 2.45) is 0 Å². The summed E-state index contributed by atoms with van der Waals surface area (Å²) in [6, 6.07) is 1.54. The first kappa shape index (κ1) is 11.2. The van der Waals surface area contributed by atoms with Crippen LogP contribution >= 0.6 is 22.6 Å². The van der Waals surface area contributed by atoms with Crippen molar-refractivity contribution in [1.29, 1.82) is 0 Å². The van der Waals surface area contributed by atoms with E-state index in [2.05, 4.69) is 26.1 Å². The number of alkyl halides is 2. The SMILES string of the molecule is O=C1Oc2c(OC(=O)C(I)C3N[I-]3)c3cc1c2o3. The minimum absolute atomic E-state index is 0.0545. The summed E-state index contributed by atoms with van der Waals surface area (Å²) in [7, 11) is 0. The van der Waals surface area contributed by atoms with Crippen molar-refractivity contribution >= 4 is 45.7 Å². The summed E-state index contributed by atoms with van der Waals surface area (Å²) in [5, 5.41) is 0. The van der Waals surface area contributed by atoms with Gasteiger partial charge >= 0.3 is 125 Å². The van der Waals surface area contributed by atoms with Gasteiger partial charge in [0, 0.05) is 0 Å². The molecule has 0 aliphatic carbocycles. The zero-order valence-corrected chi connectivity index (χ0v) is 12.8. The molecule has 2 aromatic rings. The molecule has 0 radical (unpaired) electrons. The Balaban J connectivity index is 1.65. The first-order chi connectivity index (χ1) is 8.65. The minimum atomic E-state index is -0.457. The normalized spacial score (nSPS) is 22.7. The van der Waals surface area contributed by atoms with Gasteiger partial charge in [-0.2, -0.15) is 0 Å². The maximum atomic E-state index is 11.9. The van der Waals surface area contributed by atoms with Crippen LogP contribution in [0.25, 0.3) is 11.2 Å². The van der Waals surface area contributed by atoms with Crippen molar-refractivity contribution < 1.29 is 45.0 Å². The number of esters is 2. The monoisotopic (exact) mass is 472 g/mol. The number of carbonyl (C=O) groups is 2. The van der Waals surface area contributed by atoms with Crippen molar-refractivity contribution in [3.05, 3.63) is 11.6 Å². The predicted molar refractivity (Wildman–Crippen MR) is 62.7 cm³/mol. The molecular formula is C10H4I2NO5-. The van der Waals surface area contributed by atoms with Crippen molar-refractivity contribution in [1.82, 2.24) is 3.53 Å². The number of rotatable bonds is 3. The molecule has 94 valence electrons. The van der Waals surface area contributed by atoms with E-state index in [1.807, 2.05) is 0 Å². The van der Waals surface area contributed by atoms with Gasteiger partial charge in [-0.25, -0.2) is 0 Å². The Morgan fingerprint density at radius 3 is 3.11 bits per heavy atom. The molecule has 4 rings (SSSR count). The van der Waals surface area contributed by atoms with Gasteiger partial charge in [0.25, 0.3) is 0 Å². The molecule has 2 aliphatic heterocycles. The third-order valence-electron chi connectivity index (χ3n) is 2.70. The number of carbonyl (C=O) groups excluding carboxylic acids is 2. The average Bonchev–Trinajstić information content (AvgIpc) is 2.97. The Morgan fingerprint density at radius 1 is 1.61 bits per heavy atom. The summed E-state index contributed by atoms with van der Waals surface area (Å²) < 4.78 is 18.9. The summed E-state index contributed by atoms with van der Waals surface area (Å²) >= 11 is 2.00. The van der Waals surface area contributed by atoms with Gasteiger partial charge < -0.3 is 0 Å². The molecule has 0 aromatic carbocycles. The number of hydrogen-bond acceptors (Lipinski definition) is 6. The Bertz CT molecular complexity index is 677. The topological polar surface area (TPSA) is 87.7 Å². The van der Waals surface area contributed by atoms with Crippen LogP contribution in [0.3, 0.4) is 0 Å². The number of halogens is 2. The summed E-state index contributed by atoms with van der Waals surface area (Å²) in [4.78, 5) is 23.3. The number of furan rings is 2. The van der Waals surface area contributed by atoms with Gasteiger partial charge in [0.1, 0.15) is 0 Å². The van der Waals surface area contributed by atoms with E-state index in [1.54, 1.807) is 6.07 Å². The van der Waals surface area contributed by atoms with Crippen LogP contribution in [-0.4, -0.2) is 19.9 Å². The molecular weight excluding hydrogens is 468 g/mol. The van der Waals surface area contributed by atoms with E-state index in [0.717, 1.165) is 0 Å². The van der Waals surface area contributed by atoms with Gasteiger partial charge in [0.05, 0.1) is 0 Å². The van der Waals surface area contributed by atoms with Gasteiger partial charge in [-0.3, -0.25) is 0 Å². The quantitative estimate of drug-likeness (QED) is 0.106. The number of hydrogen-bond donors (Lipinski definition) is 1. The fourth-order valence-corrected chi connectivity index (χ4v) is 4.88. The van der Waals surface area contributed by atoms with Gasteiger partial charge in [-0.15, -0.1) is 0 Å². The molecule has 2 atom stereocenters. The molecule has 6 nitrogen and oxygen atoms in total. The zero-order chi connectivity index (χ0) is 12.4. The maximum absolute atomic E-state index is 11.9. The average molecular weight is 472 g/mol. The Kier molecular flexibility index (Phi) is 2.30. The summed E-state index contributed by atoms with van der Waals surface area (Å²) in [6.07, 6.45) is 0. The molecule has 1 N–H and O–H groups in total. The van der Waals surface area contributed by atoms with E-state index >= 15 is 0 Å². The summed E-state index contributed by atoms with van der Waals surface area (Å²) in [6.45, 7) is 0. The molecule has 8 heteroatoms. The number of nitrogens with one attached hydrogen (secondary N) is 1. The Labute approximate surface area is 124 Å². The molecule has 0 spiro atoms. The van der Waals surface area contributed by atoms with Crippen LogP contribution in [0, 0.1) is 0 Å². The standard InChI is InChI=1S/C10H4I2NO5/c11-4(8-12-13-8)10(15)17-6-3-1-2-5(16-3)7(6)18-9(2)14/h1,4,8,13H/q-1. The second-order valence-corrected chi connectivity index (χ2v) is 7.77. The third-order valence-corrected chi connectivity index (χ3v) is 7.37. The van der Waals surface area contributed by atoms with Crippen molar-refractivity contribution in [2.45, 2.75) is 7.97 Å². The third kappa shape index (κ3) is 1.48. The van der Waals surface area contributed by atoms with E-state index in [9.17, 15) is 9.59 Å². The van der Waals surface area contributed by atoms with E-state index in [4.69, 9.17) is 13.9 Å². The molecule has 2 aromatic heterocycles. The second-order valence-electron chi connectivity index (χ2n) is 3.84. The van der Waals surface area contributed by atoms with Crippen molar-refractivity contribution in [3.8, 4) is 11.5 Å². The summed E-state index contributed by atoms with van der Waals surface area (Å²) in [5.41, 5.74) is 1.16. The Morgan fingerprint density at radius 2 is 2.39 bits per heavy atom. The van der Waals surface area contributed by atoms with Crippen LogP contribution in [0.1, 0.15) is 10.4 Å².